The summed E-state index contributed by atoms with van der Waals surface area (Å²) in [6.45, 7) is 8.88. The molecular weight excluding hydrogens is 232 g/mol. The van der Waals surface area contributed by atoms with Crippen molar-refractivity contribution < 1.29 is 0 Å². The molecule has 100 valence electrons. The van der Waals surface area contributed by atoms with E-state index in [0.29, 0.717) is 0 Å². The molecule has 0 aliphatic heterocycles. The number of aromatic nitrogens is 1. The van der Waals surface area contributed by atoms with Crippen molar-refractivity contribution in [3.05, 3.63) is 59.9 Å². The Hall–Kier alpha value is -1.83. The summed E-state index contributed by atoms with van der Waals surface area (Å²) in [5, 5.41) is 3.59. The summed E-state index contributed by atoms with van der Waals surface area (Å²) in [7, 11) is 0. The molecule has 0 fully saturated rings. The highest BCUT2D eigenvalue weighted by Gasteiger charge is 2.18. The van der Waals surface area contributed by atoms with Crippen LogP contribution in [0.15, 0.2) is 48.8 Å². The summed E-state index contributed by atoms with van der Waals surface area (Å²) in [5.74, 6) is 0. The van der Waals surface area contributed by atoms with E-state index in [4.69, 9.17) is 0 Å². The quantitative estimate of drug-likeness (QED) is 0.869. The van der Waals surface area contributed by atoms with Gasteiger partial charge in [0.1, 0.15) is 0 Å². The van der Waals surface area contributed by atoms with E-state index in [0.717, 1.165) is 0 Å². The van der Waals surface area contributed by atoms with E-state index >= 15 is 0 Å². The van der Waals surface area contributed by atoms with Gasteiger partial charge >= 0.3 is 0 Å². The second kappa shape index (κ2) is 5.43. The number of para-hydroxylation sites is 1. The number of pyridine rings is 1. The topological polar surface area (TPSA) is 24.9 Å². The first-order chi connectivity index (χ1) is 8.98. The van der Waals surface area contributed by atoms with Crippen LogP contribution in [0.5, 0.6) is 0 Å². The third kappa shape index (κ3) is 3.34. The molecule has 1 aromatic carbocycles. The first-order valence-corrected chi connectivity index (χ1v) is 6.74. The van der Waals surface area contributed by atoms with Crippen LogP contribution in [0.25, 0.3) is 0 Å². The molecule has 19 heavy (non-hydrogen) atoms. The van der Waals surface area contributed by atoms with Crippen LogP contribution in [0.3, 0.4) is 0 Å². The second-order valence-corrected chi connectivity index (χ2v) is 5.95. The van der Waals surface area contributed by atoms with E-state index in [9.17, 15) is 0 Å². The Labute approximate surface area is 115 Å². The van der Waals surface area contributed by atoms with Gasteiger partial charge in [-0.05, 0) is 35.6 Å². The average molecular weight is 254 g/mol. The minimum atomic E-state index is 0.137. The normalized spacial score (nSPS) is 13.1. The number of hydrogen-bond acceptors (Lipinski definition) is 2. The van der Waals surface area contributed by atoms with Gasteiger partial charge in [-0.3, -0.25) is 4.98 Å². The standard InChI is InChI=1S/C17H22N2/c1-13(14-8-7-11-18-12-14)19-16-10-6-5-9-15(16)17(2,3)4/h5-13,19H,1-4H3. The molecule has 1 N–H and O–H groups in total. The maximum Gasteiger partial charge on any atom is 0.0500 e. The lowest BCUT2D eigenvalue weighted by molar-refractivity contribution is 0.590. The number of nitrogens with one attached hydrogen (secondary N) is 1. The van der Waals surface area contributed by atoms with Crippen molar-refractivity contribution in [2.75, 3.05) is 5.32 Å². The second-order valence-electron chi connectivity index (χ2n) is 5.95. The highest BCUT2D eigenvalue weighted by Crippen LogP contribution is 2.31. The van der Waals surface area contributed by atoms with Gasteiger partial charge in [-0.1, -0.05) is 45.0 Å². The van der Waals surface area contributed by atoms with Crippen LogP contribution in [0, 0.1) is 0 Å². The molecule has 0 bridgehead atoms. The highest BCUT2D eigenvalue weighted by molar-refractivity contribution is 5.55. The van der Waals surface area contributed by atoms with Crippen molar-refractivity contribution in [1.82, 2.24) is 4.98 Å². The van der Waals surface area contributed by atoms with Crippen molar-refractivity contribution in [2.24, 2.45) is 0 Å². The largest absolute Gasteiger partial charge is 0.378 e. The molecule has 0 amide bonds. The fourth-order valence-electron chi connectivity index (χ4n) is 2.21. The van der Waals surface area contributed by atoms with E-state index < -0.39 is 0 Å². The van der Waals surface area contributed by atoms with Crippen molar-refractivity contribution >= 4 is 5.69 Å². The summed E-state index contributed by atoms with van der Waals surface area (Å²) in [5.41, 5.74) is 3.88. The van der Waals surface area contributed by atoms with Gasteiger partial charge in [-0.25, -0.2) is 0 Å². The lowest BCUT2D eigenvalue weighted by Gasteiger charge is -2.25. The van der Waals surface area contributed by atoms with Crippen molar-refractivity contribution in [1.29, 1.82) is 0 Å². The predicted octanol–water partition coefficient (Wildman–Crippen LogP) is 4.55. The molecule has 2 rings (SSSR count). The van der Waals surface area contributed by atoms with Gasteiger partial charge in [0.25, 0.3) is 0 Å². The molecule has 0 radical (unpaired) electrons. The Morgan fingerprint density at radius 3 is 2.42 bits per heavy atom. The van der Waals surface area contributed by atoms with Crippen LogP contribution < -0.4 is 5.32 Å². The maximum atomic E-state index is 4.18. The van der Waals surface area contributed by atoms with Crippen LogP contribution in [0.2, 0.25) is 0 Å². The molecule has 0 saturated heterocycles. The first kappa shape index (κ1) is 13.6. The van der Waals surface area contributed by atoms with Gasteiger partial charge in [0.05, 0.1) is 6.04 Å². The molecule has 2 aromatic rings. The van der Waals surface area contributed by atoms with Crippen LogP contribution >= 0.6 is 0 Å². The molecule has 1 heterocycles. The lowest BCUT2D eigenvalue weighted by atomic mass is 9.85. The van der Waals surface area contributed by atoms with Crippen molar-refractivity contribution in [2.45, 2.75) is 39.2 Å². The Bertz CT molecular complexity index is 526. The number of nitrogens with zero attached hydrogens (tertiary/aromatic N) is 1. The zero-order chi connectivity index (χ0) is 13.9. The Kier molecular flexibility index (Phi) is 3.89. The molecule has 0 aliphatic carbocycles. The predicted molar refractivity (Wildman–Crippen MR) is 81.4 cm³/mol. The average Bonchev–Trinajstić information content (AvgIpc) is 2.39. The first-order valence-electron chi connectivity index (χ1n) is 6.74. The van der Waals surface area contributed by atoms with Crippen molar-refractivity contribution in [3.8, 4) is 0 Å². The van der Waals surface area contributed by atoms with Gasteiger partial charge < -0.3 is 5.32 Å². The molecule has 1 atom stereocenters. The number of benzene rings is 1. The van der Waals surface area contributed by atoms with E-state index in [1.807, 2.05) is 12.3 Å². The van der Waals surface area contributed by atoms with Gasteiger partial charge in [-0.2, -0.15) is 0 Å². The van der Waals surface area contributed by atoms with Gasteiger partial charge in [0.2, 0.25) is 0 Å². The molecule has 2 nitrogen and oxygen atoms in total. The van der Waals surface area contributed by atoms with Crippen LogP contribution in [-0.4, -0.2) is 4.98 Å². The summed E-state index contributed by atoms with van der Waals surface area (Å²) < 4.78 is 0. The summed E-state index contributed by atoms with van der Waals surface area (Å²) >= 11 is 0. The molecular formula is C17H22N2. The molecule has 1 unspecified atom stereocenters. The molecule has 0 spiro atoms. The molecule has 0 aliphatic rings. The minimum Gasteiger partial charge on any atom is -0.378 e. The number of anilines is 1. The van der Waals surface area contributed by atoms with Crippen LogP contribution in [0.4, 0.5) is 5.69 Å². The fraction of sp³-hybridized carbons (Fsp3) is 0.353. The Morgan fingerprint density at radius 2 is 1.79 bits per heavy atom. The third-order valence-electron chi connectivity index (χ3n) is 3.29. The zero-order valence-corrected chi connectivity index (χ0v) is 12.1. The summed E-state index contributed by atoms with van der Waals surface area (Å²) in [6, 6.07) is 12.8. The molecule has 1 aromatic heterocycles. The summed E-state index contributed by atoms with van der Waals surface area (Å²) in [4.78, 5) is 4.18. The highest BCUT2D eigenvalue weighted by atomic mass is 14.9. The van der Waals surface area contributed by atoms with E-state index in [1.165, 1.54) is 16.8 Å². The minimum absolute atomic E-state index is 0.137. The van der Waals surface area contributed by atoms with Crippen LogP contribution in [-0.2, 0) is 5.41 Å². The number of hydrogen-bond donors (Lipinski definition) is 1. The van der Waals surface area contributed by atoms with Gasteiger partial charge in [0.15, 0.2) is 0 Å². The monoisotopic (exact) mass is 254 g/mol. The maximum absolute atomic E-state index is 4.18. The van der Waals surface area contributed by atoms with Gasteiger partial charge in [0, 0.05) is 18.1 Å². The zero-order valence-electron chi connectivity index (χ0n) is 12.1. The third-order valence-corrected chi connectivity index (χ3v) is 3.29. The van der Waals surface area contributed by atoms with E-state index in [-0.39, 0.29) is 11.5 Å². The summed E-state index contributed by atoms with van der Waals surface area (Å²) in [6.07, 6.45) is 3.72. The van der Waals surface area contributed by atoms with E-state index in [2.05, 4.69) is 68.3 Å². The molecule has 2 heteroatoms. The lowest BCUT2D eigenvalue weighted by Crippen LogP contribution is -2.16. The fourth-order valence-corrected chi connectivity index (χ4v) is 2.21. The smallest absolute Gasteiger partial charge is 0.0500 e. The molecule has 0 saturated carbocycles. The Morgan fingerprint density at radius 1 is 1.05 bits per heavy atom. The Balaban J connectivity index is 2.25. The van der Waals surface area contributed by atoms with Crippen LogP contribution in [0.1, 0.15) is 44.9 Å². The van der Waals surface area contributed by atoms with Crippen molar-refractivity contribution in [3.63, 3.8) is 0 Å². The van der Waals surface area contributed by atoms with E-state index in [1.54, 1.807) is 6.20 Å². The SMILES string of the molecule is CC(Nc1ccccc1C(C)(C)C)c1cccnc1. The van der Waals surface area contributed by atoms with Gasteiger partial charge in [-0.15, -0.1) is 0 Å². The number of rotatable bonds is 3.